The van der Waals surface area contributed by atoms with Crippen LogP contribution in [-0.2, 0) is 0 Å². The van der Waals surface area contributed by atoms with Crippen molar-refractivity contribution in [3.05, 3.63) is 0 Å². The molecule has 0 rings (SSSR count). The summed E-state index contributed by atoms with van der Waals surface area (Å²) in [6.07, 6.45) is 0. The molecule has 0 nitrogen and oxygen atoms in total. The van der Waals surface area contributed by atoms with Crippen LogP contribution in [0.1, 0.15) is 0 Å². The summed E-state index contributed by atoms with van der Waals surface area (Å²) in [4.78, 5) is 0. The maximum absolute atomic E-state index is 4.76. The number of hydrogen-bond acceptors (Lipinski definition) is 0. The van der Waals surface area contributed by atoms with Crippen molar-refractivity contribution < 1.29 is 0 Å². The Morgan fingerprint density at radius 3 is 1.25 bits per heavy atom. The Labute approximate surface area is 51.6 Å². The maximum atomic E-state index is 4.76. The van der Waals surface area contributed by atoms with Crippen molar-refractivity contribution in [2.24, 2.45) is 0 Å². The van der Waals surface area contributed by atoms with Gasteiger partial charge in [-0.1, -0.05) is 0 Å². The molecule has 0 aliphatic carbocycles. The number of halogens is 2. The topological polar surface area (TPSA) is 0 Å². The van der Waals surface area contributed by atoms with E-state index in [9.17, 15) is 0 Å². The first-order valence-corrected chi connectivity index (χ1v) is 1.60. The second-order valence-corrected chi connectivity index (χ2v) is 0.909. The fourth-order valence-corrected chi connectivity index (χ4v) is 0. The van der Waals surface area contributed by atoms with Crippen molar-refractivity contribution in [1.82, 2.24) is 0 Å². The number of hydrogen-bond donors (Lipinski definition) is 0. The van der Waals surface area contributed by atoms with Crippen molar-refractivity contribution in [3.63, 3.8) is 0 Å². The third-order valence-electron chi connectivity index (χ3n) is 0. The van der Waals surface area contributed by atoms with Gasteiger partial charge in [-0.05, 0) is 0 Å². The minimum Gasteiger partial charge on any atom is -0.109 e. The van der Waals surface area contributed by atoms with Crippen LogP contribution >= 0.6 is 23.2 Å². The van der Waals surface area contributed by atoms with E-state index in [4.69, 9.17) is 23.2 Å². The van der Waals surface area contributed by atoms with Crippen LogP contribution in [0.3, 0.4) is 0 Å². The first-order chi connectivity index (χ1) is 1.41. The van der Waals surface area contributed by atoms with Gasteiger partial charge in [0.15, 0.2) is 0 Å². The van der Waals surface area contributed by atoms with Crippen molar-refractivity contribution in [3.8, 4) is 0 Å². The van der Waals surface area contributed by atoms with E-state index in [0.717, 1.165) is 0 Å². The summed E-state index contributed by atoms with van der Waals surface area (Å²) in [5.74, 6) is 0. The van der Waals surface area contributed by atoms with Crippen LogP contribution in [0.15, 0.2) is 0 Å². The van der Waals surface area contributed by atoms with Gasteiger partial charge >= 0.3 is 0 Å². The van der Waals surface area contributed by atoms with Crippen molar-refractivity contribution in [2.45, 2.75) is 0 Å². The van der Waals surface area contributed by atoms with Gasteiger partial charge in [0.2, 0.25) is 0 Å². The van der Waals surface area contributed by atoms with Crippen LogP contribution in [0.2, 0.25) is 0 Å². The minimum atomic E-state index is 0. The quantitative estimate of drug-likeness (QED) is 0.322. The third-order valence-corrected chi connectivity index (χ3v) is 0. The molecule has 0 saturated carbocycles. The zero-order valence-corrected chi connectivity index (χ0v) is 5.10. The Hall–Kier alpha value is 1.35. The minimum absolute atomic E-state index is 0. The summed E-state index contributed by atoms with van der Waals surface area (Å²) in [6.45, 7) is 0. The van der Waals surface area contributed by atoms with Gasteiger partial charge in [0.05, 0.1) is 5.34 Å². The normalized spacial score (nSPS) is 4.50. The molecule has 0 bridgehead atoms. The predicted molar refractivity (Wildman–Crippen MR) is 22.3 cm³/mol. The van der Waals surface area contributed by atoms with Crippen LogP contribution in [0.4, 0.5) is 0 Å². The molecule has 0 fully saturated rings. The lowest BCUT2D eigenvalue weighted by Crippen LogP contribution is -1.24. The van der Waals surface area contributed by atoms with E-state index in [1.54, 1.807) is 0 Å². The molecule has 0 aliphatic heterocycles. The highest BCUT2D eigenvalue weighted by atomic mass is 35.5. The molecule has 0 aromatic rings. The lowest BCUT2D eigenvalue weighted by Gasteiger charge is -1.42. The van der Waals surface area contributed by atoms with Crippen LogP contribution < -0.4 is 0 Å². The maximum Gasteiger partial charge on any atom is 0.0967 e. The highest BCUT2D eigenvalue weighted by Gasteiger charge is 1.41. The molecule has 2 radical (unpaired) electrons. The Bertz CT molecular complexity index is 6.00. The molecule has 0 spiro atoms. The van der Waals surface area contributed by atoms with E-state index in [1.807, 2.05) is 0 Å². The van der Waals surface area contributed by atoms with Crippen LogP contribution in [0.25, 0.3) is 0 Å². The highest BCUT2D eigenvalue weighted by molar-refractivity contribution is 6.40. The molecule has 0 heterocycles. The third kappa shape index (κ3) is 10.2. The van der Waals surface area contributed by atoms with Crippen LogP contribution in [0, 0.1) is 0 Å². The molecule has 4 heavy (non-hydrogen) atoms. The predicted octanol–water partition coefficient (Wildman–Crippen LogP) is 1.04. The molecular formula is CH2Cl2Mg. The van der Waals surface area contributed by atoms with Gasteiger partial charge in [-0.2, -0.15) is 0 Å². The molecule has 0 amide bonds. The van der Waals surface area contributed by atoms with Crippen molar-refractivity contribution in [1.29, 1.82) is 0 Å². The van der Waals surface area contributed by atoms with E-state index in [0.29, 0.717) is 0 Å². The fraction of sp³-hybridized carbons (Fsp3) is 1.00. The Kier molecular flexibility index (Phi) is 19.9. The van der Waals surface area contributed by atoms with Gasteiger partial charge in [0, 0.05) is 23.1 Å². The number of rotatable bonds is 0. The molecule has 0 unspecified atom stereocenters. The summed E-state index contributed by atoms with van der Waals surface area (Å²) in [5, 5.41) is 0.194. The largest absolute Gasteiger partial charge is 0.109 e. The fourth-order valence-electron chi connectivity index (χ4n) is 0. The SMILES string of the molecule is ClCCl.[Mg]. The lowest BCUT2D eigenvalue weighted by molar-refractivity contribution is 2.20. The summed E-state index contributed by atoms with van der Waals surface area (Å²) >= 11 is 9.53. The zero-order chi connectivity index (χ0) is 2.71. The average molecular weight is 109 g/mol. The Morgan fingerprint density at radius 1 is 1.25 bits per heavy atom. The van der Waals surface area contributed by atoms with Crippen LogP contribution in [0.5, 0.6) is 0 Å². The summed E-state index contributed by atoms with van der Waals surface area (Å²) in [7, 11) is 0. The van der Waals surface area contributed by atoms with Crippen molar-refractivity contribution >= 4 is 46.3 Å². The standard InChI is InChI=1S/CH2Cl2.Mg/c2-1-3;/h1H2;. The molecule has 22 valence electrons. The molecule has 0 saturated heterocycles. The molecule has 0 atom stereocenters. The first kappa shape index (κ1) is 9.02. The van der Waals surface area contributed by atoms with Crippen LogP contribution in [-0.4, -0.2) is 28.4 Å². The Morgan fingerprint density at radius 2 is 1.25 bits per heavy atom. The summed E-state index contributed by atoms with van der Waals surface area (Å²) in [5.41, 5.74) is 0. The van der Waals surface area contributed by atoms with Crippen molar-refractivity contribution in [2.75, 3.05) is 5.34 Å². The van der Waals surface area contributed by atoms with Gasteiger partial charge in [-0.25, -0.2) is 0 Å². The summed E-state index contributed by atoms with van der Waals surface area (Å²) in [6, 6.07) is 0. The van der Waals surface area contributed by atoms with Gasteiger partial charge < -0.3 is 0 Å². The smallest absolute Gasteiger partial charge is 0.0967 e. The molecule has 0 aromatic heterocycles. The van der Waals surface area contributed by atoms with Gasteiger partial charge in [-0.15, -0.1) is 23.2 Å². The second kappa shape index (κ2) is 8.84. The van der Waals surface area contributed by atoms with E-state index >= 15 is 0 Å². The van der Waals surface area contributed by atoms with E-state index in [2.05, 4.69) is 0 Å². The highest BCUT2D eigenvalue weighted by Crippen LogP contribution is 1.73. The lowest BCUT2D eigenvalue weighted by atomic mass is 11.9. The van der Waals surface area contributed by atoms with E-state index in [1.165, 1.54) is 0 Å². The Balaban J connectivity index is 0. The van der Waals surface area contributed by atoms with E-state index < -0.39 is 0 Å². The molecular weight excluding hydrogens is 107 g/mol. The monoisotopic (exact) mass is 108 g/mol. The molecule has 3 heteroatoms. The first-order valence-electron chi connectivity index (χ1n) is 0.535. The van der Waals surface area contributed by atoms with Gasteiger partial charge in [0.25, 0.3) is 0 Å². The van der Waals surface area contributed by atoms with Gasteiger partial charge in [-0.3, -0.25) is 0 Å². The summed E-state index contributed by atoms with van der Waals surface area (Å²) < 4.78 is 0. The molecule has 0 aromatic carbocycles. The van der Waals surface area contributed by atoms with Gasteiger partial charge in [0.1, 0.15) is 0 Å². The molecule has 0 aliphatic rings. The molecule has 0 N–H and O–H groups in total. The average Bonchev–Trinajstić information content (AvgIpc) is 0.918. The van der Waals surface area contributed by atoms with E-state index in [-0.39, 0.29) is 28.4 Å². The number of alkyl halides is 2. The zero-order valence-electron chi connectivity index (χ0n) is 2.17. The second-order valence-electron chi connectivity index (χ2n) is 0.101.